The van der Waals surface area contributed by atoms with Gasteiger partial charge in [-0.05, 0) is 44.2 Å². The molecular formula is C20H28ClFN2O3. The van der Waals surface area contributed by atoms with Gasteiger partial charge in [0.25, 0.3) is 0 Å². The fraction of sp³-hybridized carbons (Fsp3) is 0.650. The van der Waals surface area contributed by atoms with Gasteiger partial charge in [0, 0.05) is 55.5 Å². The number of hydrogen-bond acceptors (Lipinski definition) is 4. The summed E-state index contributed by atoms with van der Waals surface area (Å²) < 4.78 is 24.9. The van der Waals surface area contributed by atoms with Crippen LogP contribution in [-0.4, -0.2) is 44.4 Å². The van der Waals surface area contributed by atoms with Gasteiger partial charge in [-0.25, -0.2) is 4.39 Å². The smallest absolute Gasteiger partial charge is 0.223 e. The maximum Gasteiger partial charge on any atom is 0.223 e. The minimum atomic E-state index is -0.401. The molecule has 1 aromatic carbocycles. The number of nitrogens with one attached hydrogen (secondary N) is 2. The van der Waals surface area contributed by atoms with Gasteiger partial charge in [0.05, 0.1) is 6.10 Å². The lowest BCUT2D eigenvalue weighted by Crippen LogP contribution is -2.52. The molecule has 0 bridgehead atoms. The highest BCUT2D eigenvalue weighted by Crippen LogP contribution is 2.28. The number of benzene rings is 1. The van der Waals surface area contributed by atoms with Crippen molar-refractivity contribution in [1.29, 1.82) is 0 Å². The van der Waals surface area contributed by atoms with E-state index in [-0.39, 0.29) is 30.5 Å². The highest BCUT2D eigenvalue weighted by Gasteiger charge is 2.35. The first-order valence-corrected chi connectivity index (χ1v) is 10.0. The Hall–Kier alpha value is -1.21. The van der Waals surface area contributed by atoms with Crippen LogP contribution in [-0.2, 0) is 20.8 Å². The van der Waals surface area contributed by atoms with E-state index in [0.29, 0.717) is 23.0 Å². The number of rotatable bonds is 6. The number of methoxy groups -OCH3 is 1. The number of hydrogen-bond donors (Lipinski definition) is 2. The number of ether oxygens (including phenoxy) is 2. The molecule has 1 aliphatic carbocycles. The van der Waals surface area contributed by atoms with Crippen LogP contribution in [0.5, 0.6) is 0 Å². The second kappa shape index (κ2) is 9.82. The van der Waals surface area contributed by atoms with Gasteiger partial charge in [0.1, 0.15) is 5.82 Å². The first kappa shape index (κ1) is 20.5. The van der Waals surface area contributed by atoms with Crippen molar-refractivity contribution < 1.29 is 18.7 Å². The van der Waals surface area contributed by atoms with Crippen LogP contribution in [0.25, 0.3) is 0 Å². The zero-order chi connectivity index (χ0) is 19.2. The molecule has 0 radical (unpaired) electrons. The molecule has 0 unspecified atom stereocenters. The normalized spacial score (nSPS) is 26.7. The quantitative estimate of drug-likeness (QED) is 0.773. The minimum absolute atomic E-state index is 0.00519. The highest BCUT2D eigenvalue weighted by atomic mass is 35.5. The predicted molar refractivity (Wildman–Crippen MR) is 102 cm³/mol. The van der Waals surface area contributed by atoms with Crippen LogP contribution in [0.3, 0.4) is 0 Å². The maximum absolute atomic E-state index is 13.9. The van der Waals surface area contributed by atoms with Gasteiger partial charge in [-0.3, -0.25) is 4.79 Å². The van der Waals surface area contributed by atoms with Crippen molar-refractivity contribution in [3.05, 3.63) is 34.6 Å². The first-order chi connectivity index (χ1) is 13.1. The summed E-state index contributed by atoms with van der Waals surface area (Å²) in [6, 6.07) is 5.24. The predicted octanol–water partition coefficient (Wildman–Crippen LogP) is 3.05. The molecule has 1 aromatic rings. The van der Waals surface area contributed by atoms with E-state index in [9.17, 15) is 9.18 Å². The average Bonchev–Trinajstić information content (AvgIpc) is 2.68. The molecule has 0 spiro atoms. The van der Waals surface area contributed by atoms with Crippen molar-refractivity contribution in [3.8, 4) is 0 Å². The molecule has 2 fully saturated rings. The van der Waals surface area contributed by atoms with Gasteiger partial charge in [-0.15, -0.1) is 0 Å². The van der Waals surface area contributed by atoms with Crippen LogP contribution in [0.15, 0.2) is 18.2 Å². The second-order valence-corrected chi connectivity index (χ2v) is 7.77. The summed E-state index contributed by atoms with van der Waals surface area (Å²) in [5.74, 6) is -0.601. The standard InChI is InChI=1S/C20H28ClFN2O3/c1-26-19-11-13(5-6-18(19)24-14-7-9-27-10-8-14)20(25)23-12-15-16(21)3-2-4-17(15)22/h2-4,13-14,18-19,24H,5-12H2,1H3,(H,23,25)/t13-,18-,19-/m0/s1. The summed E-state index contributed by atoms with van der Waals surface area (Å²) in [7, 11) is 1.70. The SMILES string of the molecule is CO[C@H]1C[C@@H](C(=O)NCc2c(F)cccc2Cl)CC[C@@H]1NC1CCOCC1. The van der Waals surface area contributed by atoms with Crippen LogP contribution in [0.4, 0.5) is 4.39 Å². The van der Waals surface area contributed by atoms with Crippen molar-refractivity contribution in [3.63, 3.8) is 0 Å². The van der Waals surface area contributed by atoms with Crippen LogP contribution in [0.1, 0.15) is 37.7 Å². The van der Waals surface area contributed by atoms with Gasteiger partial charge in [0.2, 0.25) is 5.91 Å². The highest BCUT2D eigenvalue weighted by molar-refractivity contribution is 6.31. The Morgan fingerprint density at radius 2 is 2.07 bits per heavy atom. The summed E-state index contributed by atoms with van der Waals surface area (Å²) in [5.41, 5.74) is 0.325. The van der Waals surface area contributed by atoms with Crippen molar-refractivity contribution in [2.45, 2.75) is 56.8 Å². The van der Waals surface area contributed by atoms with Crippen LogP contribution >= 0.6 is 11.6 Å². The molecule has 1 saturated carbocycles. The van der Waals surface area contributed by atoms with E-state index in [1.807, 2.05) is 0 Å². The summed E-state index contributed by atoms with van der Waals surface area (Å²) in [6.45, 7) is 1.69. The fourth-order valence-corrected chi connectivity index (χ4v) is 4.24. The lowest BCUT2D eigenvalue weighted by molar-refractivity contribution is -0.128. The van der Waals surface area contributed by atoms with E-state index in [1.54, 1.807) is 19.2 Å². The lowest BCUT2D eigenvalue weighted by atomic mass is 9.82. The Morgan fingerprint density at radius 3 is 2.78 bits per heavy atom. The Kier molecular flexibility index (Phi) is 7.47. The van der Waals surface area contributed by atoms with Gasteiger partial charge < -0.3 is 20.1 Å². The molecule has 1 amide bonds. The Labute approximate surface area is 164 Å². The molecule has 27 heavy (non-hydrogen) atoms. The maximum atomic E-state index is 13.9. The van der Waals surface area contributed by atoms with Gasteiger partial charge in [-0.2, -0.15) is 0 Å². The molecule has 3 atom stereocenters. The molecule has 150 valence electrons. The summed E-state index contributed by atoms with van der Waals surface area (Å²) in [4.78, 5) is 12.6. The molecule has 1 aliphatic heterocycles. The van der Waals surface area contributed by atoms with E-state index in [1.165, 1.54) is 6.07 Å². The third kappa shape index (κ3) is 5.41. The number of halogens is 2. The number of carbonyl (C=O) groups excluding carboxylic acids is 1. The lowest BCUT2D eigenvalue weighted by Gasteiger charge is -2.38. The largest absolute Gasteiger partial charge is 0.381 e. The molecule has 2 aliphatic rings. The third-order valence-electron chi connectivity index (χ3n) is 5.64. The summed E-state index contributed by atoms with van der Waals surface area (Å²) in [5, 5.41) is 6.85. The minimum Gasteiger partial charge on any atom is -0.381 e. The van der Waals surface area contributed by atoms with Gasteiger partial charge in [0.15, 0.2) is 0 Å². The van der Waals surface area contributed by atoms with E-state index in [4.69, 9.17) is 21.1 Å². The average molecular weight is 399 g/mol. The van der Waals surface area contributed by atoms with Crippen molar-refractivity contribution in [2.24, 2.45) is 5.92 Å². The fourth-order valence-electron chi connectivity index (χ4n) is 4.01. The van der Waals surface area contributed by atoms with Crippen molar-refractivity contribution in [2.75, 3.05) is 20.3 Å². The molecule has 1 heterocycles. The Morgan fingerprint density at radius 1 is 1.30 bits per heavy atom. The van der Waals surface area contributed by atoms with Crippen molar-refractivity contribution >= 4 is 17.5 Å². The summed E-state index contributed by atoms with van der Waals surface area (Å²) in [6.07, 6.45) is 4.36. The molecule has 2 N–H and O–H groups in total. The van der Waals surface area contributed by atoms with Crippen LogP contribution < -0.4 is 10.6 Å². The zero-order valence-electron chi connectivity index (χ0n) is 15.7. The van der Waals surface area contributed by atoms with E-state index < -0.39 is 5.82 Å². The van der Waals surface area contributed by atoms with E-state index >= 15 is 0 Å². The molecule has 1 saturated heterocycles. The molecule has 7 heteroatoms. The monoisotopic (exact) mass is 398 g/mol. The van der Waals surface area contributed by atoms with Crippen molar-refractivity contribution in [1.82, 2.24) is 10.6 Å². The molecular weight excluding hydrogens is 371 g/mol. The number of amides is 1. The topological polar surface area (TPSA) is 59.6 Å². The van der Waals surface area contributed by atoms with Crippen LogP contribution in [0.2, 0.25) is 5.02 Å². The van der Waals surface area contributed by atoms with Gasteiger partial charge >= 0.3 is 0 Å². The molecule has 3 rings (SSSR count). The Bertz CT molecular complexity index is 619. The summed E-state index contributed by atoms with van der Waals surface area (Å²) >= 11 is 6.03. The van der Waals surface area contributed by atoms with E-state index in [0.717, 1.165) is 38.9 Å². The first-order valence-electron chi connectivity index (χ1n) is 9.65. The Balaban J connectivity index is 1.51. The molecule has 0 aromatic heterocycles. The van der Waals surface area contributed by atoms with Gasteiger partial charge in [-0.1, -0.05) is 17.7 Å². The zero-order valence-corrected chi connectivity index (χ0v) is 16.4. The van der Waals surface area contributed by atoms with E-state index in [2.05, 4.69) is 10.6 Å². The second-order valence-electron chi connectivity index (χ2n) is 7.36. The third-order valence-corrected chi connectivity index (χ3v) is 5.99. The molecule has 5 nitrogen and oxygen atoms in total. The van der Waals surface area contributed by atoms with Crippen LogP contribution in [0, 0.1) is 11.7 Å². The number of carbonyl (C=O) groups is 1.